The van der Waals surface area contributed by atoms with Gasteiger partial charge in [-0.3, -0.25) is 4.79 Å². The lowest BCUT2D eigenvalue weighted by Crippen LogP contribution is -2.37. The van der Waals surface area contributed by atoms with Gasteiger partial charge in [-0.2, -0.15) is 0 Å². The van der Waals surface area contributed by atoms with Gasteiger partial charge < -0.3 is 14.7 Å². The van der Waals surface area contributed by atoms with Crippen LogP contribution in [0.1, 0.15) is 24.0 Å². The molecule has 2 aromatic carbocycles. The zero-order valence-electron chi connectivity index (χ0n) is 14.0. The van der Waals surface area contributed by atoms with Gasteiger partial charge in [-0.05, 0) is 36.6 Å². The van der Waals surface area contributed by atoms with Crippen LogP contribution in [0, 0.1) is 0 Å². The van der Waals surface area contributed by atoms with Gasteiger partial charge in [0.1, 0.15) is 5.75 Å². The molecule has 1 fully saturated rings. The van der Waals surface area contributed by atoms with Crippen LogP contribution in [0.2, 0.25) is 5.02 Å². The quantitative estimate of drug-likeness (QED) is 0.853. The van der Waals surface area contributed by atoms with E-state index in [1.54, 1.807) is 29.2 Å². The third-order valence-electron chi connectivity index (χ3n) is 4.42. The molecule has 0 radical (unpaired) electrons. The van der Waals surface area contributed by atoms with Gasteiger partial charge in [0, 0.05) is 30.3 Å². The second kappa shape index (κ2) is 8.37. The Bertz CT molecular complexity index is 711. The number of nitrogens with zero attached hydrogens (tertiary/aromatic N) is 1. The fourth-order valence-corrected chi connectivity index (χ4v) is 3.15. The number of rotatable bonds is 6. The molecule has 0 bridgehead atoms. The molecule has 0 aliphatic carbocycles. The number of benzene rings is 2. The van der Waals surface area contributed by atoms with Crippen LogP contribution >= 0.6 is 11.6 Å². The minimum Gasteiger partial charge on any atom is -0.508 e. The van der Waals surface area contributed by atoms with E-state index in [2.05, 4.69) is 0 Å². The van der Waals surface area contributed by atoms with Crippen LogP contribution in [-0.4, -0.2) is 35.2 Å². The smallest absolute Gasteiger partial charge is 0.227 e. The Morgan fingerprint density at radius 1 is 1.20 bits per heavy atom. The Kier molecular flexibility index (Phi) is 5.95. The Morgan fingerprint density at radius 2 is 1.96 bits per heavy atom. The van der Waals surface area contributed by atoms with E-state index in [-0.39, 0.29) is 17.8 Å². The monoisotopic (exact) mass is 359 g/mol. The first-order valence-electron chi connectivity index (χ1n) is 8.52. The summed E-state index contributed by atoms with van der Waals surface area (Å²) >= 11 is 5.91. The van der Waals surface area contributed by atoms with E-state index >= 15 is 0 Å². The Morgan fingerprint density at radius 3 is 2.64 bits per heavy atom. The maximum atomic E-state index is 12.9. The van der Waals surface area contributed by atoms with Crippen molar-refractivity contribution in [2.75, 3.05) is 13.2 Å². The molecule has 0 spiro atoms. The Balaban J connectivity index is 1.73. The molecule has 1 heterocycles. The van der Waals surface area contributed by atoms with Crippen LogP contribution in [0.4, 0.5) is 0 Å². The summed E-state index contributed by atoms with van der Waals surface area (Å²) in [6, 6.07) is 14.4. The standard InChI is InChI=1S/C20H22ClNO3/c21-17-9-7-15(8-10-17)12-20(24)22(14-18-5-3-11-25-18)13-16-4-1-2-6-19(16)23/h1-2,4,6-10,18,23H,3,5,11-14H2. The molecule has 0 aromatic heterocycles. The van der Waals surface area contributed by atoms with Crippen molar-refractivity contribution in [2.45, 2.75) is 31.9 Å². The van der Waals surface area contributed by atoms with E-state index in [9.17, 15) is 9.90 Å². The van der Waals surface area contributed by atoms with Crippen LogP contribution in [-0.2, 0) is 22.5 Å². The molecule has 5 heteroatoms. The average molecular weight is 360 g/mol. The number of ether oxygens (including phenoxy) is 1. The van der Waals surface area contributed by atoms with Crippen LogP contribution in [0.5, 0.6) is 5.75 Å². The largest absolute Gasteiger partial charge is 0.508 e. The molecule has 4 nitrogen and oxygen atoms in total. The molecule has 1 N–H and O–H groups in total. The Labute approximate surface area is 153 Å². The minimum atomic E-state index is 0.0149. The van der Waals surface area contributed by atoms with Gasteiger partial charge in [-0.25, -0.2) is 0 Å². The van der Waals surface area contributed by atoms with E-state index in [1.807, 2.05) is 24.3 Å². The summed E-state index contributed by atoms with van der Waals surface area (Å²) in [5.41, 5.74) is 1.66. The third-order valence-corrected chi connectivity index (χ3v) is 4.67. The van der Waals surface area contributed by atoms with Crippen LogP contribution in [0.25, 0.3) is 0 Å². The zero-order valence-corrected chi connectivity index (χ0v) is 14.8. The number of hydrogen-bond donors (Lipinski definition) is 1. The van der Waals surface area contributed by atoms with E-state index in [0.717, 1.165) is 30.6 Å². The molecule has 132 valence electrons. The number of phenolic OH excluding ortho intramolecular Hbond substituents is 1. The number of aromatic hydroxyl groups is 1. The van der Waals surface area contributed by atoms with Crippen molar-refractivity contribution in [2.24, 2.45) is 0 Å². The fourth-order valence-electron chi connectivity index (χ4n) is 3.03. The highest BCUT2D eigenvalue weighted by atomic mass is 35.5. The number of carbonyl (C=O) groups excluding carboxylic acids is 1. The molecule has 1 aliphatic heterocycles. The van der Waals surface area contributed by atoms with Gasteiger partial charge in [-0.15, -0.1) is 0 Å². The molecule has 3 rings (SSSR count). The predicted molar refractivity (Wildman–Crippen MR) is 97.7 cm³/mol. The summed E-state index contributed by atoms with van der Waals surface area (Å²) < 4.78 is 5.69. The lowest BCUT2D eigenvalue weighted by molar-refractivity contribution is -0.132. The topological polar surface area (TPSA) is 49.8 Å². The van der Waals surface area contributed by atoms with Gasteiger partial charge in [0.25, 0.3) is 0 Å². The van der Waals surface area contributed by atoms with Crippen molar-refractivity contribution >= 4 is 17.5 Å². The van der Waals surface area contributed by atoms with Gasteiger partial charge in [0.15, 0.2) is 0 Å². The van der Waals surface area contributed by atoms with Crippen LogP contribution in [0.15, 0.2) is 48.5 Å². The van der Waals surface area contributed by atoms with Crippen molar-refractivity contribution in [3.63, 3.8) is 0 Å². The maximum absolute atomic E-state index is 12.9. The number of hydrogen-bond acceptors (Lipinski definition) is 3. The molecule has 25 heavy (non-hydrogen) atoms. The van der Waals surface area contributed by atoms with Gasteiger partial charge in [0.2, 0.25) is 5.91 Å². The Hall–Kier alpha value is -2.04. The SMILES string of the molecule is O=C(Cc1ccc(Cl)cc1)N(Cc1ccccc1O)CC1CCCO1. The number of halogens is 1. The lowest BCUT2D eigenvalue weighted by atomic mass is 10.1. The van der Waals surface area contributed by atoms with Gasteiger partial charge in [0.05, 0.1) is 12.5 Å². The van der Waals surface area contributed by atoms with Crippen molar-refractivity contribution < 1.29 is 14.6 Å². The highest BCUT2D eigenvalue weighted by Gasteiger charge is 2.23. The number of amides is 1. The van der Waals surface area contributed by atoms with Gasteiger partial charge >= 0.3 is 0 Å². The highest BCUT2D eigenvalue weighted by Crippen LogP contribution is 2.21. The van der Waals surface area contributed by atoms with E-state index in [4.69, 9.17) is 16.3 Å². The summed E-state index contributed by atoms with van der Waals surface area (Å²) in [4.78, 5) is 14.6. The number of para-hydroxylation sites is 1. The molecule has 2 aromatic rings. The average Bonchev–Trinajstić information content (AvgIpc) is 3.11. The molecule has 1 unspecified atom stereocenters. The normalized spacial score (nSPS) is 16.8. The van der Waals surface area contributed by atoms with Crippen LogP contribution < -0.4 is 0 Å². The maximum Gasteiger partial charge on any atom is 0.227 e. The second-order valence-corrected chi connectivity index (χ2v) is 6.78. The molecule has 1 saturated heterocycles. The summed E-state index contributed by atoms with van der Waals surface area (Å²) in [5, 5.41) is 10.7. The first-order chi connectivity index (χ1) is 12.1. The third kappa shape index (κ3) is 4.97. The molecular weight excluding hydrogens is 338 g/mol. The van der Waals surface area contributed by atoms with E-state index < -0.39 is 0 Å². The highest BCUT2D eigenvalue weighted by molar-refractivity contribution is 6.30. The first-order valence-corrected chi connectivity index (χ1v) is 8.90. The van der Waals surface area contributed by atoms with E-state index in [1.165, 1.54) is 0 Å². The van der Waals surface area contributed by atoms with E-state index in [0.29, 0.717) is 24.5 Å². The predicted octanol–water partition coefficient (Wildman–Crippen LogP) is 3.80. The molecule has 1 aliphatic rings. The molecular formula is C20H22ClNO3. The number of phenols is 1. The molecule has 1 amide bonds. The zero-order chi connectivity index (χ0) is 17.6. The van der Waals surface area contributed by atoms with Crippen molar-refractivity contribution in [1.29, 1.82) is 0 Å². The van der Waals surface area contributed by atoms with Crippen molar-refractivity contribution in [3.05, 3.63) is 64.7 Å². The molecule has 0 saturated carbocycles. The lowest BCUT2D eigenvalue weighted by Gasteiger charge is -2.26. The summed E-state index contributed by atoms with van der Waals surface area (Å²) in [6.07, 6.45) is 2.36. The summed E-state index contributed by atoms with van der Waals surface area (Å²) in [6.45, 7) is 1.67. The van der Waals surface area contributed by atoms with Crippen molar-refractivity contribution in [3.8, 4) is 5.75 Å². The minimum absolute atomic E-state index is 0.0149. The summed E-state index contributed by atoms with van der Waals surface area (Å²) in [7, 11) is 0. The molecule has 1 atom stereocenters. The van der Waals surface area contributed by atoms with Gasteiger partial charge in [-0.1, -0.05) is 41.9 Å². The fraction of sp³-hybridized carbons (Fsp3) is 0.350. The number of carbonyl (C=O) groups is 1. The summed E-state index contributed by atoms with van der Waals surface area (Å²) in [5.74, 6) is 0.222. The second-order valence-electron chi connectivity index (χ2n) is 6.34. The first kappa shape index (κ1) is 17.8. The van der Waals surface area contributed by atoms with Crippen LogP contribution in [0.3, 0.4) is 0 Å². The van der Waals surface area contributed by atoms with Crippen molar-refractivity contribution in [1.82, 2.24) is 4.90 Å².